The standard InChI is InChI=1S/C17H20N4O3/c22-16(23)10-13-6-8-20(9-7-13)17(24)15-12-21(19-18-15)11-14-4-2-1-3-5-14/h1-5,12-13H,6-11H2,(H,22,23). The van der Waals surface area contributed by atoms with Crippen LogP contribution in [0.15, 0.2) is 36.5 Å². The molecule has 1 saturated heterocycles. The predicted octanol–water partition coefficient (Wildman–Crippen LogP) is 1.65. The van der Waals surface area contributed by atoms with Gasteiger partial charge in [0.15, 0.2) is 5.69 Å². The van der Waals surface area contributed by atoms with Gasteiger partial charge in [-0.25, -0.2) is 4.68 Å². The number of rotatable bonds is 5. The lowest BCUT2D eigenvalue weighted by molar-refractivity contribution is -0.138. The highest BCUT2D eigenvalue weighted by Gasteiger charge is 2.26. The summed E-state index contributed by atoms with van der Waals surface area (Å²) in [5.74, 6) is -0.757. The van der Waals surface area contributed by atoms with Crippen molar-refractivity contribution < 1.29 is 14.7 Å². The van der Waals surface area contributed by atoms with E-state index in [0.29, 0.717) is 25.3 Å². The molecular weight excluding hydrogens is 308 g/mol. The average Bonchev–Trinajstić information content (AvgIpc) is 3.04. The van der Waals surface area contributed by atoms with Crippen LogP contribution in [0.25, 0.3) is 0 Å². The quantitative estimate of drug-likeness (QED) is 0.901. The minimum Gasteiger partial charge on any atom is -0.481 e. The Bertz CT molecular complexity index is 706. The van der Waals surface area contributed by atoms with Crippen molar-refractivity contribution in [3.63, 3.8) is 0 Å². The Morgan fingerprint density at radius 1 is 1.17 bits per heavy atom. The van der Waals surface area contributed by atoms with Crippen molar-refractivity contribution in [2.75, 3.05) is 13.1 Å². The van der Waals surface area contributed by atoms with Gasteiger partial charge >= 0.3 is 5.97 Å². The third kappa shape index (κ3) is 3.98. The van der Waals surface area contributed by atoms with E-state index in [1.807, 2.05) is 30.3 Å². The van der Waals surface area contributed by atoms with Gasteiger partial charge in [-0.2, -0.15) is 0 Å². The molecule has 126 valence electrons. The molecule has 1 N–H and O–H groups in total. The van der Waals surface area contributed by atoms with Gasteiger partial charge in [0, 0.05) is 19.5 Å². The number of carbonyl (C=O) groups is 2. The van der Waals surface area contributed by atoms with E-state index in [1.54, 1.807) is 15.8 Å². The van der Waals surface area contributed by atoms with Gasteiger partial charge in [-0.1, -0.05) is 35.5 Å². The number of likely N-dealkylation sites (tertiary alicyclic amines) is 1. The highest BCUT2D eigenvalue weighted by atomic mass is 16.4. The molecule has 0 saturated carbocycles. The van der Waals surface area contributed by atoms with E-state index < -0.39 is 5.97 Å². The number of amides is 1. The Morgan fingerprint density at radius 3 is 2.54 bits per heavy atom. The van der Waals surface area contributed by atoms with E-state index in [0.717, 1.165) is 18.4 Å². The summed E-state index contributed by atoms with van der Waals surface area (Å²) in [7, 11) is 0. The first-order valence-electron chi connectivity index (χ1n) is 8.07. The number of benzene rings is 1. The van der Waals surface area contributed by atoms with Crippen molar-refractivity contribution in [1.82, 2.24) is 19.9 Å². The summed E-state index contributed by atoms with van der Waals surface area (Å²) in [4.78, 5) is 25.0. The highest BCUT2D eigenvalue weighted by Crippen LogP contribution is 2.21. The molecule has 1 aromatic carbocycles. The van der Waals surface area contributed by atoms with Crippen LogP contribution in [-0.2, 0) is 11.3 Å². The second kappa shape index (κ2) is 7.25. The second-order valence-corrected chi connectivity index (χ2v) is 6.12. The Hall–Kier alpha value is -2.70. The first-order chi connectivity index (χ1) is 11.6. The van der Waals surface area contributed by atoms with Crippen LogP contribution in [0.1, 0.15) is 35.3 Å². The first-order valence-corrected chi connectivity index (χ1v) is 8.07. The molecule has 1 amide bonds. The lowest BCUT2D eigenvalue weighted by Crippen LogP contribution is -2.39. The SMILES string of the molecule is O=C(O)CC1CCN(C(=O)c2cn(Cc3ccccc3)nn2)CC1. The number of nitrogens with zero attached hydrogens (tertiary/aromatic N) is 4. The summed E-state index contributed by atoms with van der Waals surface area (Å²) in [5, 5.41) is 16.8. The number of aromatic nitrogens is 3. The van der Waals surface area contributed by atoms with Crippen LogP contribution in [0.2, 0.25) is 0 Å². The number of carboxylic acids is 1. The smallest absolute Gasteiger partial charge is 0.303 e. The van der Waals surface area contributed by atoms with E-state index in [2.05, 4.69) is 10.3 Å². The number of carboxylic acid groups (broad SMARTS) is 1. The zero-order valence-corrected chi connectivity index (χ0v) is 13.3. The molecule has 0 aliphatic carbocycles. The summed E-state index contributed by atoms with van der Waals surface area (Å²) >= 11 is 0. The lowest BCUT2D eigenvalue weighted by Gasteiger charge is -2.30. The molecule has 0 bridgehead atoms. The van der Waals surface area contributed by atoms with Crippen LogP contribution in [0.5, 0.6) is 0 Å². The highest BCUT2D eigenvalue weighted by molar-refractivity contribution is 5.92. The molecule has 0 atom stereocenters. The minimum absolute atomic E-state index is 0.136. The Kier molecular flexibility index (Phi) is 4.88. The van der Waals surface area contributed by atoms with Crippen LogP contribution >= 0.6 is 0 Å². The number of piperidine rings is 1. The molecular formula is C17H20N4O3. The molecule has 0 spiro atoms. The molecule has 2 heterocycles. The topological polar surface area (TPSA) is 88.3 Å². The summed E-state index contributed by atoms with van der Waals surface area (Å²) in [5.41, 5.74) is 1.43. The second-order valence-electron chi connectivity index (χ2n) is 6.12. The molecule has 24 heavy (non-hydrogen) atoms. The molecule has 7 heteroatoms. The van der Waals surface area contributed by atoms with Crippen molar-refractivity contribution in [3.05, 3.63) is 47.8 Å². The van der Waals surface area contributed by atoms with Crippen molar-refractivity contribution in [2.24, 2.45) is 5.92 Å². The Morgan fingerprint density at radius 2 is 1.88 bits per heavy atom. The Labute approximate surface area is 139 Å². The summed E-state index contributed by atoms with van der Waals surface area (Å²) < 4.78 is 1.65. The van der Waals surface area contributed by atoms with Crippen LogP contribution < -0.4 is 0 Å². The average molecular weight is 328 g/mol. The summed E-state index contributed by atoms with van der Waals surface area (Å²) in [6.07, 6.45) is 3.28. The number of hydrogen-bond donors (Lipinski definition) is 1. The number of aliphatic carboxylic acids is 1. The van der Waals surface area contributed by atoms with E-state index >= 15 is 0 Å². The molecule has 2 aromatic rings. The van der Waals surface area contributed by atoms with Gasteiger partial charge in [0.25, 0.3) is 5.91 Å². The van der Waals surface area contributed by atoms with E-state index in [-0.39, 0.29) is 18.2 Å². The molecule has 3 rings (SSSR count). The Balaban J connectivity index is 1.57. The maximum atomic E-state index is 12.5. The predicted molar refractivity (Wildman–Crippen MR) is 86.4 cm³/mol. The lowest BCUT2D eigenvalue weighted by atomic mass is 9.93. The van der Waals surface area contributed by atoms with E-state index in [4.69, 9.17) is 5.11 Å². The fourth-order valence-corrected chi connectivity index (χ4v) is 2.99. The normalized spacial score (nSPS) is 15.4. The van der Waals surface area contributed by atoms with Gasteiger partial charge in [-0.05, 0) is 24.3 Å². The van der Waals surface area contributed by atoms with Gasteiger partial charge in [-0.3, -0.25) is 9.59 Å². The number of hydrogen-bond acceptors (Lipinski definition) is 4. The molecule has 0 unspecified atom stereocenters. The maximum Gasteiger partial charge on any atom is 0.303 e. The summed E-state index contributed by atoms with van der Waals surface area (Å²) in [6, 6.07) is 9.86. The monoisotopic (exact) mass is 328 g/mol. The minimum atomic E-state index is -0.774. The zero-order valence-electron chi connectivity index (χ0n) is 13.3. The third-order valence-electron chi connectivity index (χ3n) is 4.31. The van der Waals surface area contributed by atoms with E-state index in [9.17, 15) is 9.59 Å². The van der Waals surface area contributed by atoms with Gasteiger partial charge in [0.1, 0.15) is 0 Å². The molecule has 1 aromatic heterocycles. The molecule has 7 nitrogen and oxygen atoms in total. The van der Waals surface area contributed by atoms with Crippen molar-refractivity contribution in [1.29, 1.82) is 0 Å². The van der Waals surface area contributed by atoms with Gasteiger partial charge in [0.05, 0.1) is 12.7 Å². The van der Waals surface area contributed by atoms with Crippen molar-refractivity contribution >= 4 is 11.9 Å². The molecule has 1 aliphatic rings. The molecule has 1 aliphatic heterocycles. The fourth-order valence-electron chi connectivity index (χ4n) is 2.99. The van der Waals surface area contributed by atoms with Crippen LogP contribution in [-0.4, -0.2) is 50.0 Å². The van der Waals surface area contributed by atoms with E-state index in [1.165, 1.54) is 0 Å². The van der Waals surface area contributed by atoms with Gasteiger partial charge < -0.3 is 10.0 Å². The maximum absolute atomic E-state index is 12.5. The van der Waals surface area contributed by atoms with Gasteiger partial charge in [-0.15, -0.1) is 5.10 Å². The van der Waals surface area contributed by atoms with Crippen LogP contribution in [0, 0.1) is 5.92 Å². The third-order valence-corrected chi connectivity index (χ3v) is 4.31. The van der Waals surface area contributed by atoms with Crippen LogP contribution in [0.3, 0.4) is 0 Å². The molecule has 1 fully saturated rings. The van der Waals surface area contributed by atoms with Crippen molar-refractivity contribution in [3.8, 4) is 0 Å². The fraction of sp³-hybridized carbons (Fsp3) is 0.412. The van der Waals surface area contributed by atoms with Gasteiger partial charge in [0.2, 0.25) is 0 Å². The number of carbonyl (C=O) groups excluding carboxylic acids is 1. The zero-order chi connectivity index (χ0) is 16.9. The summed E-state index contributed by atoms with van der Waals surface area (Å²) in [6.45, 7) is 1.71. The molecule has 0 radical (unpaired) electrons. The van der Waals surface area contributed by atoms with Crippen molar-refractivity contribution in [2.45, 2.75) is 25.8 Å². The van der Waals surface area contributed by atoms with Crippen LogP contribution in [0.4, 0.5) is 0 Å². The largest absolute Gasteiger partial charge is 0.481 e. The first kappa shape index (κ1) is 16.2.